The van der Waals surface area contributed by atoms with Gasteiger partial charge in [0.05, 0.1) is 11.9 Å². The van der Waals surface area contributed by atoms with Gasteiger partial charge in [-0.25, -0.2) is 0 Å². The molecule has 0 aliphatic rings. The van der Waals surface area contributed by atoms with Crippen molar-refractivity contribution in [3.63, 3.8) is 0 Å². The zero-order valence-corrected chi connectivity index (χ0v) is 15.3. The second kappa shape index (κ2) is 6.40. The van der Waals surface area contributed by atoms with E-state index >= 15 is 0 Å². The molecule has 0 atom stereocenters. The molecule has 0 fully saturated rings. The normalized spacial score (nSPS) is 11.9. The Bertz CT molecular complexity index is 1240. The van der Waals surface area contributed by atoms with Gasteiger partial charge in [0.25, 0.3) is 0 Å². The Balaban J connectivity index is 1.67. The molecular formula is C25H20N2. The van der Waals surface area contributed by atoms with Gasteiger partial charge in [0.1, 0.15) is 0 Å². The van der Waals surface area contributed by atoms with Gasteiger partial charge in [0.15, 0.2) is 0 Å². The molecule has 0 unspecified atom stereocenters. The van der Waals surface area contributed by atoms with E-state index in [1.807, 2.05) is 29.4 Å². The summed E-state index contributed by atoms with van der Waals surface area (Å²) in [7, 11) is 0. The fraction of sp³-hybridized carbons (Fsp3) is 0.0800. The van der Waals surface area contributed by atoms with Gasteiger partial charge in [-0.3, -0.25) is 5.01 Å². The number of anilines is 1. The Kier molecular flexibility index (Phi) is 3.75. The van der Waals surface area contributed by atoms with Crippen molar-refractivity contribution >= 4 is 44.2 Å². The molecule has 5 aromatic carbocycles. The molecule has 0 saturated carbocycles. The Labute approximate surface area is 158 Å². The molecule has 0 bridgehead atoms. The average molecular weight is 348 g/mol. The van der Waals surface area contributed by atoms with E-state index in [0.717, 1.165) is 17.8 Å². The van der Waals surface area contributed by atoms with Gasteiger partial charge in [0, 0.05) is 12.1 Å². The highest BCUT2D eigenvalue weighted by atomic mass is 15.4. The summed E-state index contributed by atoms with van der Waals surface area (Å²) in [6.45, 7) is 2.95. The number of benzene rings is 5. The van der Waals surface area contributed by atoms with E-state index in [1.54, 1.807) is 0 Å². The van der Waals surface area contributed by atoms with E-state index in [2.05, 4.69) is 73.7 Å². The topological polar surface area (TPSA) is 15.6 Å². The molecule has 0 amide bonds. The quantitative estimate of drug-likeness (QED) is 0.207. The molecule has 5 rings (SSSR count). The first-order valence-corrected chi connectivity index (χ1v) is 9.38. The van der Waals surface area contributed by atoms with Gasteiger partial charge >= 0.3 is 0 Å². The minimum Gasteiger partial charge on any atom is -0.266 e. The second-order valence-electron chi connectivity index (χ2n) is 6.81. The molecule has 5 aromatic rings. The summed E-state index contributed by atoms with van der Waals surface area (Å²) in [5, 5.41) is 14.6. The van der Waals surface area contributed by atoms with Crippen LogP contribution in [0.5, 0.6) is 0 Å². The molecule has 0 heterocycles. The van der Waals surface area contributed by atoms with Crippen LogP contribution in [-0.4, -0.2) is 12.8 Å². The Hall–Kier alpha value is -3.39. The van der Waals surface area contributed by atoms with Gasteiger partial charge in [-0.2, -0.15) is 5.10 Å². The number of para-hydroxylation sites is 1. The lowest BCUT2D eigenvalue weighted by molar-refractivity contribution is 0.898. The largest absolute Gasteiger partial charge is 0.266 e. The Morgan fingerprint density at radius 1 is 0.704 bits per heavy atom. The molecule has 0 radical (unpaired) electrons. The van der Waals surface area contributed by atoms with Crippen molar-refractivity contribution in [2.75, 3.05) is 11.6 Å². The molecule has 0 spiro atoms. The van der Waals surface area contributed by atoms with Crippen molar-refractivity contribution in [1.29, 1.82) is 0 Å². The maximum absolute atomic E-state index is 4.77. The average Bonchev–Trinajstić information content (AvgIpc) is 2.74. The van der Waals surface area contributed by atoms with Crippen LogP contribution in [0.25, 0.3) is 32.3 Å². The molecule has 2 heteroatoms. The molecule has 0 aliphatic heterocycles. The first-order chi connectivity index (χ1) is 13.3. The van der Waals surface area contributed by atoms with E-state index in [0.29, 0.717) is 0 Å². The molecular weight excluding hydrogens is 328 g/mol. The third-order valence-electron chi connectivity index (χ3n) is 5.25. The number of rotatable bonds is 4. The smallest absolute Gasteiger partial charge is 0.0593 e. The van der Waals surface area contributed by atoms with Gasteiger partial charge < -0.3 is 0 Å². The van der Waals surface area contributed by atoms with Crippen molar-refractivity contribution in [3.05, 3.63) is 90.5 Å². The molecule has 0 saturated heterocycles. The lowest BCUT2D eigenvalue weighted by atomic mass is 9.92. The standard InChI is InChI=1S/C25H20N2/c1-2-27(22-9-4-3-5-10-22)26-17-21-14-13-20-12-11-18-7-6-8-19-15-16-23(21)25(20)24(18)19/h3-17H,2H2,1H3/b26-17+. The second-order valence-corrected chi connectivity index (χ2v) is 6.81. The van der Waals surface area contributed by atoms with Crippen molar-refractivity contribution in [2.24, 2.45) is 5.10 Å². The van der Waals surface area contributed by atoms with Crippen LogP contribution in [-0.2, 0) is 0 Å². The van der Waals surface area contributed by atoms with Crippen molar-refractivity contribution in [3.8, 4) is 0 Å². The fourth-order valence-electron chi connectivity index (χ4n) is 3.93. The van der Waals surface area contributed by atoms with Crippen LogP contribution >= 0.6 is 0 Å². The lowest BCUT2D eigenvalue weighted by Gasteiger charge is -2.17. The van der Waals surface area contributed by atoms with Crippen LogP contribution in [0.4, 0.5) is 5.69 Å². The Morgan fingerprint density at radius 2 is 1.37 bits per heavy atom. The van der Waals surface area contributed by atoms with Crippen LogP contribution < -0.4 is 5.01 Å². The zero-order chi connectivity index (χ0) is 18.2. The van der Waals surface area contributed by atoms with Crippen LogP contribution in [0.2, 0.25) is 0 Å². The number of hydrogen-bond donors (Lipinski definition) is 0. The molecule has 0 aliphatic carbocycles. The van der Waals surface area contributed by atoms with Gasteiger partial charge in [-0.15, -0.1) is 0 Å². The number of hydrazone groups is 1. The minimum absolute atomic E-state index is 0.826. The predicted octanol–water partition coefficient (Wildman–Crippen LogP) is 6.44. The summed E-state index contributed by atoms with van der Waals surface area (Å²) in [6, 6.07) is 30.1. The number of hydrogen-bond acceptors (Lipinski definition) is 2. The lowest BCUT2D eigenvalue weighted by Crippen LogP contribution is -2.15. The van der Waals surface area contributed by atoms with Gasteiger partial charge in [-0.1, -0.05) is 72.8 Å². The third kappa shape index (κ3) is 2.61. The van der Waals surface area contributed by atoms with E-state index in [9.17, 15) is 0 Å². The predicted molar refractivity (Wildman–Crippen MR) is 117 cm³/mol. The van der Waals surface area contributed by atoms with Crippen molar-refractivity contribution in [1.82, 2.24) is 0 Å². The maximum Gasteiger partial charge on any atom is 0.0593 e. The van der Waals surface area contributed by atoms with Crippen LogP contribution in [0.3, 0.4) is 0 Å². The van der Waals surface area contributed by atoms with Crippen LogP contribution in [0.15, 0.2) is 90.0 Å². The highest BCUT2D eigenvalue weighted by molar-refractivity contribution is 6.25. The zero-order valence-electron chi connectivity index (χ0n) is 15.3. The molecule has 2 nitrogen and oxygen atoms in total. The van der Waals surface area contributed by atoms with Crippen LogP contribution in [0.1, 0.15) is 12.5 Å². The molecule has 130 valence electrons. The first-order valence-electron chi connectivity index (χ1n) is 9.38. The summed E-state index contributed by atoms with van der Waals surface area (Å²) in [6.07, 6.45) is 1.99. The SMILES string of the molecule is CCN(/N=C/c1ccc2ccc3cccc4ccc1c2c34)c1ccccc1. The third-order valence-corrected chi connectivity index (χ3v) is 5.25. The first kappa shape index (κ1) is 15.8. The summed E-state index contributed by atoms with van der Waals surface area (Å²) >= 11 is 0. The minimum atomic E-state index is 0.826. The summed E-state index contributed by atoms with van der Waals surface area (Å²) in [5.74, 6) is 0. The highest BCUT2D eigenvalue weighted by Crippen LogP contribution is 2.35. The summed E-state index contributed by atoms with van der Waals surface area (Å²) < 4.78 is 0. The van der Waals surface area contributed by atoms with E-state index in [-0.39, 0.29) is 0 Å². The van der Waals surface area contributed by atoms with E-state index < -0.39 is 0 Å². The monoisotopic (exact) mass is 348 g/mol. The van der Waals surface area contributed by atoms with Gasteiger partial charge in [-0.05, 0) is 51.4 Å². The fourth-order valence-corrected chi connectivity index (χ4v) is 3.93. The molecule has 0 N–H and O–H groups in total. The van der Waals surface area contributed by atoms with E-state index in [4.69, 9.17) is 5.10 Å². The maximum atomic E-state index is 4.77. The van der Waals surface area contributed by atoms with Crippen molar-refractivity contribution < 1.29 is 0 Å². The number of nitrogens with zero attached hydrogens (tertiary/aromatic N) is 2. The van der Waals surface area contributed by atoms with E-state index in [1.165, 1.54) is 32.3 Å². The van der Waals surface area contributed by atoms with Gasteiger partial charge in [0.2, 0.25) is 0 Å². The summed E-state index contributed by atoms with van der Waals surface area (Å²) in [4.78, 5) is 0. The molecule has 27 heavy (non-hydrogen) atoms. The van der Waals surface area contributed by atoms with Crippen molar-refractivity contribution in [2.45, 2.75) is 6.92 Å². The molecule has 0 aromatic heterocycles. The Morgan fingerprint density at radius 3 is 2.11 bits per heavy atom. The van der Waals surface area contributed by atoms with Crippen LogP contribution in [0, 0.1) is 0 Å². The highest BCUT2D eigenvalue weighted by Gasteiger charge is 2.10. The summed E-state index contributed by atoms with van der Waals surface area (Å²) in [5.41, 5.74) is 2.25.